The maximum Gasteiger partial charge on any atom is 0.141 e. The summed E-state index contributed by atoms with van der Waals surface area (Å²) in [7, 11) is 1.63. The smallest absolute Gasteiger partial charge is 0.141 e. The van der Waals surface area contributed by atoms with Crippen LogP contribution in [0.1, 0.15) is 28.1 Å². The SMILES string of the molecule is COc1ccc(-n2nnc(C(O)c3c(C)sc4cncn34)c2C)cc1. The molecule has 0 aliphatic rings. The number of methoxy groups -OCH3 is 1. The van der Waals surface area contributed by atoms with Crippen molar-refractivity contribution in [2.75, 3.05) is 7.11 Å². The molecule has 3 heterocycles. The first-order chi connectivity index (χ1) is 12.1. The Morgan fingerprint density at radius 3 is 2.68 bits per heavy atom. The number of hydrogen-bond donors (Lipinski definition) is 1. The largest absolute Gasteiger partial charge is 0.497 e. The van der Waals surface area contributed by atoms with Crippen LogP contribution in [0.4, 0.5) is 0 Å². The van der Waals surface area contributed by atoms with Crippen LogP contribution in [0.3, 0.4) is 0 Å². The molecule has 1 aromatic carbocycles. The van der Waals surface area contributed by atoms with Crippen molar-refractivity contribution in [3.05, 3.63) is 58.7 Å². The van der Waals surface area contributed by atoms with Gasteiger partial charge in [0, 0.05) is 4.88 Å². The van der Waals surface area contributed by atoms with E-state index in [-0.39, 0.29) is 0 Å². The average molecular weight is 355 g/mol. The van der Waals surface area contributed by atoms with Crippen LogP contribution in [0, 0.1) is 13.8 Å². The molecule has 0 aliphatic carbocycles. The molecule has 1 unspecified atom stereocenters. The number of aryl methyl sites for hydroxylation is 1. The van der Waals surface area contributed by atoms with Crippen molar-refractivity contribution < 1.29 is 9.84 Å². The summed E-state index contributed by atoms with van der Waals surface area (Å²) in [5.74, 6) is 0.776. The van der Waals surface area contributed by atoms with Crippen LogP contribution in [0.25, 0.3) is 10.5 Å². The van der Waals surface area contributed by atoms with Gasteiger partial charge in [-0.25, -0.2) is 9.67 Å². The summed E-state index contributed by atoms with van der Waals surface area (Å²) in [4.78, 5) is 6.16. The first-order valence-electron chi connectivity index (χ1n) is 7.76. The van der Waals surface area contributed by atoms with Crippen LogP contribution >= 0.6 is 11.3 Å². The van der Waals surface area contributed by atoms with Gasteiger partial charge in [-0.2, -0.15) is 0 Å². The van der Waals surface area contributed by atoms with E-state index >= 15 is 0 Å². The minimum absolute atomic E-state index is 0.535. The highest BCUT2D eigenvalue weighted by Crippen LogP contribution is 2.32. The molecule has 0 amide bonds. The number of rotatable bonds is 4. The number of aliphatic hydroxyl groups excluding tert-OH is 1. The second kappa shape index (κ2) is 5.98. The van der Waals surface area contributed by atoms with E-state index in [0.717, 1.165) is 32.5 Å². The van der Waals surface area contributed by atoms with E-state index in [0.29, 0.717) is 5.69 Å². The maximum absolute atomic E-state index is 10.9. The Morgan fingerprint density at radius 1 is 1.20 bits per heavy atom. The lowest BCUT2D eigenvalue weighted by Crippen LogP contribution is -2.07. The molecule has 1 atom stereocenters. The van der Waals surface area contributed by atoms with Gasteiger partial charge in [0.05, 0.1) is 30.4 Å². The van der Waals surface area contributed by atoms with Gasteiger partial charge in [-0.3, -0.25) is 4.40 Å². The molecule has 0 radical (unpaired) electrons. The molecule has 1 N–H and O–H groups in total. The van der Waals surface area contributed by atoms with Gasteiger partial charge in [-0.05, 0) is 38.1 Å². The summed E-state index contributed by atoms with van der Waals surface area (Å²) in [6, 6.07) is 7.54. The number of imidazole rings is 1. The van der Waals surface area contributed by atoms with Gasteiger partial charge in [-0.15, -0.1) is 16.4 Å². The lowest BCUT2D eigenvalue weighted by molar-refractivity contribution is 0.208. The molecule has 25 heavy (non-hydrogen) atoms. The normalized spacial score (nSPS) is 12.6. The maximum atomic E-state index is 10.9. The Hall–Kier alpha value is -2.71. The van der Waals surface area contributed by atoms with Crippen molar-refractivity contribution in [1.29, 1.82) is 0 Å². The molecule has 0 spiro atoms. The fourth-order valence-corrected chi connectivity index (χ4v) is 3.92. The van der Waals surface area contributed by atoms with Gasteiger partial charge in [0.1, 0.15) is 28.7 Å². The fourth-order valence-electron chi connectivity index (χ4n) is 2.93. The second-order valence-corrected chi connectivity index (χ2v) is 6.95. The zero-order valence-electron chi connectivity index (χ0n) is 14.0. The number of thiazole rings is 1. The molecule has 0 saturated carbocycles. The molecule has 7 nitrogen and oxygen atoms in total. The molecule has 4 rings (SSSR count). The number of nitrogens with zero attached hydrogens (tertiary/aromatic N) is 5. The van der Waals surface area contributed by atoms with Crippen LogP contribution in [0.15, 0.2) is 36.8 Å². The van der Waals surface area contributed by atoms with Crippen molar-refractivity contribution in [1.82, 2.24) is 24.4 Å². The number of aliphatic hydroxyl groups is 1. The third-order valence-corrected chi connectivity index (χ3v) is 5.27. The summed E-state index contributed by atoms with van der Waals surface area (Å²) in [5, 5.41) is 19.4. The molecule has 3 aromatic heterocycles. The van der Waals surface area contributed by atoms with Crippen molar-refractivity contribution in [3.8, 4) is 11.4 Å². The number of fused-ring (bicyclic) bond motifs is 1. The van der Waals surface area contributed by atoms with Gasteiger partial charge in [-0.1, -0.05) is 5.21 Å². The van der Waals surface area contributed by atoms with E-state index in [1.54, 1.807) is 35.7 Å². The molecule has 0 saturated heterocycles. The molecule has 128 valence electrons. The van der Waals surface area contributed by atoms with E-state index in [4.69, 9.17) is 4.74 Å². The van der Waals surface area contributed by atoms with Crippen molar-refractivity contribution >= 4 is 16.2 Å². The number of benzene rings is 1. The molecular weight excluding hydrogens is 338 g/mol. The molecule has 4 aromatic rings. The van der Waals surface area contributed by atoms with Gasteiger partial charge in [0.15, 0.2) is 0 Å². The van der Waals surface area contributed by atoms with Crippen LogP contribution in [-0.2, 0) is 0 Å². The molecule has 8 heteroatoms. The zero-order chi connectivity index (χ0) is 17.6. The highest BCUT2D eigenvalue weighted by Gasteiger charge is 2.25. The number of hydrogen-bond acceptors (Lipinski definition) is 6. The van der Waals surface area contributed by atoms with Gasteiger partial charge >= 0.3 is 0 Å². The Morgan fingerprint density at radius 2 is 1.96 bits per heavy atom. The number of aromatic nitrogens is 5. The highest BCUT2D eigenvalue weighted by molar-refractivity contribution is 7.17. The van der Waals surface area contributed by atoms with E-state index in [9.17, 15) is 5.11 Å². The molecule has 0 aliphatic heterocycles. The molecule has 0 bridgehead atoms. The molecular formula is C17H17N5O2S. The van der Waals surface area contributed by atoms with Crippen LogP contribution in [-0.4, -0.2) is 36.6 Å². The summed E-state index contributed by atoms with van der Waals surface area (Å²) in [6.45, 7) is 3.88. The minimum Gasteiger partial charge on any atom is -0.497 e. The Bertz CT molecular complexity index is 1030. The third kappa shape index (κ3) is 2.50. The monoisotopic (exact) mass is 355 g/mol. The lowest BCUT2D eigenvalue weighted by Gasteiger charge is -2.10. The molecule has 0 fully saturated rings. The van der Waals surface area contributed by atoms with Crippen LogP contribution in [0.2, 0.25) is 0 Å². The summed E-state index contributed by atoms with van der Waals surface area (Å²) in [6.07, 6.45) is 2.63. The quantitative estimate of drug-likeness (QED) is 0.609. The van der Waals surface area contributed by atoms with Crippen LogP contribution < -0.4 is 4.74 Å². The fraction of sp³-hybridized carbons (Fsp3) is 0.235. The van der Waals surface area contributed by atoms with E-state index in [1.165, 1.54) is 0 Å². The first-order valence-corrected chi connectivity index (χ1v) is 8.58. The predicted octanol–water partition coefficient (Wildman–Crippen LogP) is 2.68. The minimum atomic E-state index is -0.866. The highest BCUT2D eigenvalue weighted by atomic mass is 32.1. The summed E-state index contributed by atoms with van der Waals surface area (Å²) in [5.41, 5.74) is 2.96. The van der Waals surface area contributed by atoms with Crippen molar-refractivity contribution in [2.24, 2.45) is 0 Å². The topological polar surface area (TPSA) is 77.5 Å². The van der Waals surface area contributed by atoms with Gasteiger partial charge < -0.3 is 9.84 Å². The Balaban J connectivity index is 1.75. The lowest BCUT2D eigenvalue weighted by atomic mass is 10.1. The van der Waals surface area contributed by atoms with E-state index in [1.807, 2.05) is 42.5 Å². The predicted molar refractivity (Wildman–Crippen MR) is 94.5 cm³/mol. The number of ether oxygens (including phenoxy) is 1. The second-order valence-electron chi connectivity index (χ2n) is 5.72. The van der Waals surface area contributed by atoms with Gasteiger partial charge in [0.2, 0.25) is 0 Å². The van der Waals surface area contributed by atoms with Crippen molar-refractivity contribution in [2.45, 2.75) is 20.0 Å². The zero-order valence-corrected chi connectivity index (χ0v) is 14.9. The Kier molecular flexibility index (Phi) is 3.78. The van der Waals surface area contributed by atoms with Crippen LogP contribution in [0.5, 0.6) is 5.75 Å². The van der Waals surface area contributed by atoms with E-state index < -0.39 is 6.10 Å². The Labute approximate surface area is 148 Å². The van der Waals surface area contributed by atoms with E-state index in [2.05, 4.69) is 15.3 Å². The third-order valence-electron chi connectivity index (χ3n) is 4.25. The van der Waals surface area contributed by atoms with Crippen molar-refractivity contribution in [3.63, 3.8) is 0 Å². The summed E-state index contributed by atoms with van der Waals surface area (Å²) < 4.78 is 8.79. The van der Waals surface area contributed by atoms with Gasteiger partial charge in [0.25, 0.3) is 0 Å². The first kappa shape index (κ1) is 15.8. The summed E-state index contributed by atoms with van der Waals surface area (Å²) >= 11 is 1.59. The average Bonchev–Trinajstić information content (AvgIpc) is 3.28. The standard InChI is InChI=1S/C17H17N5O2S/c1-10-15(17(23)16-11(2)25-14-8-18-9-21(14)16)19-20-22(10)12-4-6-13(24-3)7-5-12/h4-9,17,23H,1-3H3.